The normalized spacial score (nSPS) is 11.2. The fraction of sp³-hybridized carbons (Fsp3) is 0.294. The van der Waals surface area contributed by atoms with Gasteiger partial charge in [-0.3, -0.25) is 4.79 Å². The number of nitrogens with one attached hydrogen (secondary N) is 1. The minimum absolute atomic E-state index is 0.198. The highest BCUT2D eigenvalue weighted by atomic mass is 32.2. The molecule has 1 N–H and O–H groups in total. The fourth-order valence-electron chi connectivity index (χ4n) is 1.96. The molecule has 1 aromatic heterocycles. The number of hydrazone groups is 1. The standard InChI is InChI=1S/C17H20N4O2S/c1-11-9-12(2)19-17(18-11)24-10-16(22)21-20-13(3)14-5-7-15(23-4)8-6-14/h5-9H,10H2,1-4H3,(H,21,22). The average molecular weight is 344 g/mol. The van der Waals surface area contributed by atoms with Gasteiger partial charge in [-0.25, -0.2) is 15.4 Å². The van der Waals surface area contributed by atoms with Crippen LogP contribution < -0.4 is 10.2 Å². The first-order valence-corrected chi connectivity index (χ1v) is 8.39. The highest BCUT2D eigenvalue weighted by molar-refractivity contribution is 7.99. The van der Waals surface area contributed by atoms with E-state index >= 15 is 0 Å². The molecule has 6 nitrogen and oxygen atoms in total. The summed E-state index contributed by atoms with van der Waals surface area (Å²) in [5, 5.41) is 4.72. The topological polar surface area (TPSA) is 76.5 Å². The second kappa shape index (κ2) is 8.44. The summed E-state index contributed by atoms with van der Waals surface area (Å²) in [6.07, 6.45) is 0. The molecular formula is C17H20N4O2S. The molecule has 0 spiro atoms. The molecule has 0 saturated carbocycles. The van der Waals surface area contributed by atoms with Gasteiger partial charge in [0, 0.05) is 11.4 Å². The van der Waals surface area contributed by atoms with Crippen molar-refractivity contribution in [3.63, 3.8) is 0 Å². The molecule has 1 heterocycles. The molecular weight excluding hydrogens is 324 g/mol. The minimum atomic E-state index is -0.198. The number of ether oxygens (including phenoxy) is 1. The maximum atomic E-state index is 11.9. The van der Waals surface area contributed by atoms with Crippen LogP contribution in [0.3, 0.4) is 0 Å². The average Bonchev–Trinajstić information content (AvgIpc) is 2.57. The van der Waals surface area contributed by atoms with Gasteiger partial charge in [0.1, 0.15) is 5.75 Å². The van der Waals surface area contributed by atoms with E-state index in [1.165, 1.54) is 11.8 Å². The number of nitrogens with zero attached hydrogens (tertiary/aromatic N) is 3. The lowest BCUT2D eigenvalue weighted by molar-refractivity contribution is -0.118. The van der Waals surface area contributed by atoms with Gasteiger partial charge in [0.05, 0.1) is 18.6 Å². The maximum absolute atomic E-state index is 11.9. The molecule has 7 heteroatoms. The smallest absolute Gasteiger partial charge is 0.250 e. The van der Waals surface area contributed by atoms with E-state index in [1.54, 1.807) is 7.11 Å². The molecule has 0 unspecified atom stereocenters. The van der Waals surface area contributed by atoms with E-state index in [0.29, 0.717) is 5.16 Å². The zero-order chi connectivity index (χ0) is 17.5. The number of rotatable bonds is 6. The highest BCUT2D eigenvalue weighted by Gasteiger charge is 2.06. The van der Waals surface area contributed by atoms with Crippen molar-refractivity contribution in [3.05, 3.63) is 47.3 Å². The van der Waals surface area contributed by atoms with Crippen molar-refractivity contribution in [1.82, 2.24) is 15.4 Å². The number of benzene rings is 1. The third-order valence-corrected chi connectivity index (χ3v) is 4.00. The molecule has 126 valence electrons. The first-order chi connectivity index (χ1) is 11.5. The summed E-state index contributed by atoms with van der Waals surface area (Å²) in [6, 6.07) is 9.38. The van der Waals surface area contributed by atoms with E-state index in [-0.39, 0.29) is 11.7 Å². The van der Waals surface area contributed by atoms with Crippen LogP contribution in [0.4, 0.5) is 0 Å². The largest absolute Gasteiger partial charge is 0.497 e. The zero-order valence-electron chi connectivity index (χ0n) is 14.2. The molecule has 2 rings (SSSR count). The first-order valence-electron chi connectivity index (χ1n) is 7.40. The summed E-state index contributed by atoms with van der Waals surface area (Å²) < 4.78 is 5.11. The van der Waals surface area contributed by atoms with Crippen LogP contribution in [0.25, 0.3) is 0 Å². The summed E-state index contributed by atoms with van der Waals surface area (Å²) in [6.45, 7) is 5.64. The Balaban J connectivity index is 1.89. The van der Waals surface area contributed by atoms with Crippen LogP contribution in [-0.4, -0.2) is 34.4 Å². The molecule has 0 atom stereocenters. The number of aromatic nitrogens is 2. The number of aryl methyl sites for hydroxylation is 2. The molecule has 0 aliphatic rings. The van der Waals surface area contributed by atoms with Crippen LogP contribution in [-0.2, 0) is 4.79 Å². The van der Waals surface area contributed by atoms with Gasteiger partial charge < -0.3 is 4.74 Å². The van der Waals surface area contributed by atoms with E-state index in [4.69, 9.17) is 4.74 Å². The number of hydrogen-bond donors (Lipinski definition) is 1. The molecule has 0 saturated heterocycles. The number of thioether (sulfide) groups is 1. The molecule has 0 aliphatic carbocycles. The first kappa shape index (κ1) is 17.9. The van der Waals surface area contributed by atoms with Crippen molar-refractivity contribution in [3.8, 4) is 5.75 Å². The van der Waals surface area contributed by atoms with Crippen LogP contribution in [0.2, 0.25) is 0 Å². The lowest BCUT2D eigenvalue weighted by atomic mass is 10.1. The summed E-state index contributed by atoms with van der Waals surface area (Å²) in [5.74, 6) is 0.790. The SMILES string of the molecule is COc1ccc(C(C)=NNC(=O)CSc2nc(C)cc(C)n2)cc1. The summed E-state index contributed by atoms with van der Waals surface area (Å²) in [5.41, 5.74) is 5.96. The lowest BCUT2D eigenvalue weighted by Gasteiger charge is -2.05. The second-order valence-corrected chi connectivity index (χ2v) is 6.13. The molecule has 0 radical (unpaired) electrons. The fourth-order valence-corrected chi connectivity index (χ4v) is 2.71. The van der Waals surface area contributed by atoms with E-state index in [2.05, 4.69) is 20.5 Å². The Morgan fingerprint density at radius 2 is 1.83 bits per heavy atom. The van der Waals surface area contributed by atoms with Crippen molar-refractivity contribution in [1.29, 1.82) is 0 Å². The predicted molar refractivity (Wildman–Crippen MR) is 95.6 cm³/mol. The Labute approximate surface area is 145 Å². The van der Waals surface area contributed by atoms with Gasteiger partial charge in [0.15, 0.2) is 5.16 Å². The van der Waals surface area contributed by atoms with E-state index in [9.17, 15) is 4.79 Å². The van der Waals surface area contributed by atoms with Crippen LogP contribution >= 0.6 is 11.8 Å². The zero-order valence-corrected chi connectivity index (χ0v) is 15.0. The number of carbonyl (C=O) groups is 1. The third kappa shape index (κ3) is 5.34. The molecule has 1 amide bonds. The van der Waals surface area contributed by atoms with Crippen molar-refractivity contribution in [2.75, 3.05) is 12.9 Å². The van der Waals surface area contributed by atoms with Crippen LogP contribution in [0.5, 0.6) is 5.75 Å². The summed E-state index contributed by atoms with van der Waals surface area (Å²) in [4.78, 5) is 20.5. The molecule has 2 aromatic rings. The van der Waals surface area contributed by atoms with Gasteiger partial charge in [0.2, 0.25) is 0 Å². The van der Waals surface area contributed by atoms with Gasteiger partial charge in [-0.15, -0.1) is 0 Å². The van der Waals surface area contributed by atoms with Crippen molar-refractivity contribution in [2.45, 2.75) is 25.9 Å². The van der Waals surface area contributed by atoms with Crippen LogP contribution in [0.15, 0.2) is 40.6 Å². The van der Waals surface area contributed by atoms with Gasteiger partial charge in [-0.05, 0) is 56.7 Å². The van der Waals surface area contributed by atoms with Crippen LogP contribution in [0, 0.1) is 13.8 Å². The molecule has 0 aliphatic heterocycles. The number of amides is 1. The minimum Gasteiger partial charge on any atom is -0.497 e. The Morgan fingerprint density at radius 3 is 2.42 bits per heavy atom. The van der Waals surface area contributed by atoms with Crippen molar-refractivity contribution < 1.29 is 9.53 Å². The molecule has 0 fully saturated rings. The predicted octanol–water partition coefficient (Wildman–Crippen LogP) is 2.73. The molecule has 1 aromatic carbocycles. The monoisotopic (exact) mass is 344 g/mol. The van der Waals surface area contributed by atoms with Gasteiger partial charge in [-0.1, -0.05) is 11.8 Å². The van der Waals surface area contributed by atoms with Gasteiger partial charge >= 0.3 is 0 Å². The van der Waals surface area contributed by atoms with Gasteiger partial charge in [-0.2, -0.15) is 5.10 Å². The second-order valence-electron chi connectivity index (χ2n) is 5.18. The van der Waals surface area contributed by atoms with Crippen LogP contribution in [0.1, 0.15) is 23.9 Å². The lowest BCUT2D eigenvalue weighted by Crippen LogP contribution is -2.21. The maximum Gasteiger partial charge on any atom is 0.250 e. The van der Waals surface area contributed by atoms with Crippen molar-refractivity contribution >= 4 is 23.4 Å². The Bertz CT molecular complexity index is 725. The highest BCUT2D eigenvalue weighted by Crippen LogP contribution is 2.14. The van der Waals surface area contributed by atoms with Crippen molar-refractivity contribution in [2.24, 2.45) is 5.10 Å². The van der Waals surface area contributed by atoms with E-state index < -0.39 is 0 Å². The number of hydrogen-bond acceptors (Lipinski definition) is 6. The molecule has 0 bridgehead atoms. The van der Waals surface area contributed by atoms with E-state index in [1.807, 2.05) is 51.1 Å². The summed E-state index contributed by atoms with van der Waals surface area (Å²) >= 11 is 1.29. The quantitative estimate of drug-likeness (QED) is 0.377. The third-order valence-electron chi connectivity index (χ3n) is 3.15. The Morgan fingerprint density at radius 1 is 1.21 bits per heavy atom. The van der Waals surface area contributed by atoms with E-state index in [0.717, 1.165) is 28.4 Å². The number of carbonyl (C=O) groups excluding carboxylic acids is 1. The Hall–Kier alpha value is -2.41. The number of methoxy groups -OCH3 is 1. The van der Waals surface area contributed by atoms with Gasteiger partial charge in [0.25, 0.3) is 5.91 Å². The summed E-state index contributed by atoms with van der Waals surface area (Å²) in [7, 11) is 1.62. The molecule has 24 heavy (non-hydrogen) atoms. The Kier molecular flexibility index (Phi) is 6.31.